The number of aryl methyl sites for hydroxylation is 1. The molecule has 0 unspecified atom stereocenters. The van der Waals surface area contributed by atoms with E-state index in [1.54, 1.807) is 11.8 Å². The van der Waals surface area contributed by atoms with E-state index in [1.807, 2.05) is 17.0 Å². The van der Waals surface area contributed by atoms with Crippen molar-refractivity contribution in [2.24, 2.45) is 0 Å². The minimum absolute atomic E-state index is 0.124. The monoisotopic (exact) mass is 330 g/mol. The minimum Gasteiger partial charge on any atom is -0.381 e. The summed E-state index contributed by atoms with van der Waals surface area (Å²) in [5.41, 5.74) is 2.44. The lowest BCUT2D eigenvalue weighted by molar-refractivity contribution is -0.134. The summed E-state index contributed by atoms with van der Waals surface area (Å²) in [6.07, 6.45) is 3.16. The van der Waals surface area contributed by atoms with Crippen molar-refractivity contribution >= 4 is 17.7 Å². The number of amides is 1. The summed E-state index contributed by atoms with van der Waals surface area (Å²) >= 11 is 1.73. The van der Waals surface area contributed by atoms with Crippen molar-refractivity contribution in [3.8, 4) is 6.07 Å². The second-order valence-electron chi connectivity index (χ2n) is 5.98. The van der Waals surface area contributed by atoms with Gasteiger partial charge >= 0.3 is 0 Å². The second kappa shape index (κ2) is 7.85. The molecule has 1 aromatic carbocycles. The lowest BCUT2D eigenvalue weighted by Crippen LogP contribution is -2.46. The highest BCUT2D eigenvalue weighted by Crippen LogP contribution is 2.38. The van der Waals surface area contributed by atoms with E-state index in [0.717, 1.165) is 30.6 Å². The number of thioether (sulfide) groups is 1. The first-order valence-corrected chi connectivity index (χ1v) is 9.30. The standard InChI is InChI=1S/C18H22N2O2S/c19-9-3-10-20(15-6-11-22-12-7-15)18(21)17-16-5-2-1-4-14(16)8-13-23-17/h1-2,4-5,15,17H,3,6-8,10-13H2/t17-/m1/s1. The Morgan fingerprint density at radius 2 is 2.13 bits per heavy atom. The zero-order chi connectivity index (χ0) is 16.1. The molecule has 0 saturated carbocycles. The molecule has 0 spiro atoms. The molecule has 4 nitrogen and oxygen atoms in total. The number of ether oxygens (including phenoxy) is 1. The molecule has 0 aliphatic carbocycles. The normalized spacial score (nSPS) is 21.3. The topological polar surface area (TPSA) is 53.3 Å². The van der Waals surface area contributed by atoms with E-state index < -0.39 is 0 Å². The van der Waals surface area contributed by atoms with Gasteiger partial charge < -0.3 is 9.64 Å². The Labute approximate surface area is 141 Å². The molecular formula is C18H22N2O2S. The zero-order valence-electron chi connectivity index (χ0n) is 13.2. The van der Waals surface area contributed by atoms with E-state index in [0.29, 0.717) is 26.2 Å². The van der Waals surface area contributed by atoms with Gasteiger partial charge in [-0.1, -0.05) is 24.3 Å². The maximum atomic E-state index is 13.2. The first kappa shape index (κ1) is 16.4. The Morgan fingerprint density at radius 1 is 1.35 bits per heavy atom. The van der Waals surface area contributed by atoms with E-state index in [4.69, 9.17) is 10.00 Å². The fourth-order valence-corrected chi connectivity index (χ4v) is 4.65. The molecule has 1 aromatic rings. The average molecular weight is 330 g/mol. The van der Waals surface area contributed by atoms with Crippen molar-refractivity contribution in [2.45, 2.75) is 37.0 Å². The van der Waals surface area contributed by atoms with E-state index in [1.165, 1.54) is 5.56 Å². The van der Waals surface area contributed by atoms with E-state index >= 15 is 0 Å². The first-order chi connectivity index (χ1) is 11.3. The first-order valence-electron chi connectivity index (χ1n) is 8.26. The molecule has 2 heterocycles. The van der Waals surface area contributed by atoms with Crippen LogP contribution in [0.25, 0.3) is 0 Å². The average Bonchev–Trinajstić information content (AvgIpc) is 2.62. The number of carbonyl (C=O) groups excluding carboxylic acids is 1. The lowest BCUT2D eigenvalue weighted by atomic mass is 9.99. The Kier molecular flexibility index (Phi) is 5.58. The largest absolute Gasteiger partial charge is 0.381 e. The summed E-state index contributed by atoms with van der Waals surface area (Å²) < 4.78 is 5.43. The van der Waals surface area contributed by atoms with Gasteiger partial charge in [-0.2, -0.15) is 5.26 Å². The Bertz CT molecular complexity index is 593. The van der Waals surface area contributed by atoms with Crippen molar-refractivity contribution in [1.82, 2.24) is 4.90 Å². The van der Waals surface area contributed by atoms with Crippen LogP contribution in [-0.2, 0) is 16.0 Å². The predicted octanol–water partition coefficient (Wildman–Crippen LogP) is 2.94. The molecule has 1 atom stereocenters. The fourth-order valence-electron chi connectivity index (χ4n) is 3.39. The van der Waals surface area contributed by atoms with Crippen LogP contribution in [0, 0.1) is 11.3 Å². The number of rotatable bonds is 4. The number of hydrogen-bond donors (Lipinski definition) is 0. The van der Waals surface area contributed by atoms with E-state index in [2.05, 4.69) is 18.2 Å². The summed E-state index contributed by atoms with van der Waals surface area (Å²) in [6, 6.07) is 10.7. The third-order valence-corrected chi connectivity index (χ3v) is 5.83. The van der Waals surface area contributed by atoms with Crippen LogP contribution in [0.5, 0.6) is 0 Å². The van der Waals surface area contributed by atoms with Crippen molar-refractivity contribution in [2.75, 3.05) is 25.5 Å². The van der Waals surface area contributed by atoms with Gasteiger partial charge in [0.25, 0.3) is 0 Å². The van der Waals surface area contributed by atoms with Crippen LogP contribution < -0.4 is 0 Å². The van der Waals surface area contributed by atoms with Crippen molar-refractivity contribution in [3.63, 3.8) is 0 Å². The van der Waals surface area contributed by atoms with Gasteiger partial charge in [0.05, 0.1) is 12.5 Å². The Hall–Kier alpha value is -1.51. The van der Waals surface area contributed by atoms with Gasteiger partial charge in [0.15, 0.2) is 0 Å². The van der Waals surface area contributed by atoms with Crippen LogP contribution in [-0.4, -0.2) is 42.4 Å². The summed E-state index contributed by atoms with van der Waals surface area (Å²) in [5, 5.41) is 8.82. The van der Waals surface area contributed by atoms with Crippen LogP contribution in [0.4, 0.5) is 0 Å². The molecule has 2 aliphatic rings. The Morgan fingerprint density at radius 3 is 2.91 bits per heavy atom. The number of benzene rings is 1. The zero-order valence-corrected chi connectivity index (χ0v) is 14.1. The lowest BCUT2D eigenvalue weighted by Gasteiger charge is -2.37. The molecule has 2 aliphatic heterocycles. The second-order valence-corrected chi connectivity index (χ2v) is 7.20. The highest BCUT2D eigenvalue weighted by Gasteiger charge is 2.34. The predicted molar refractivity (Wildman–Crippen MR) is 91.1 cm³/mol. The van der Waals surface area contributed by atoms with E-state index in [9.17, 15) is 4.79 Å². The number of fused-ring (bicyclic) bond motifs is 1. The minimum atomic E-state index is -0.124. The molecule has 1 fully saturated rings. The SMILES string of the molecule is N#CCCN(C(=O)[C@@H]1SCCc2ccccc21)C1CCOCC1. The number of nitriles is 1. The summed E-state index contributed by atoms with van der Waals surface area (Å²) in [7, 11) is 0. The molecule has 23 heavy (non-hydrogen) atoms. The third-order valence-electron chi connectivity index (χ3n) is 4.60. The summed E-state index contributed by atoms with van der Waals surface area (Å²) in [5.74, 6) is 1.15. The molecule has 1 saturated heterocycles. The Balaban J connectivity index is 1.81. The molecule has 0 aromatic heterocycles. The van der Waals surface area contributed by atoms with Gasteiger partial charge in [-0.25, -0.2) is 0 Å². The maximum absolute atomic E-state index is 13.2. The van der Waals surface area contributed by atoms with Crippen LogP contribution in [0.3, 0.4) is 0 Å². The highest BCUT2D eigenvalue weighted by atomic mass is 32.2. The maximum Gasteiger partial charge on any atom is 0.240 e. The summed E-state index contributed by atoms with van der Waals surface area (Å²) in [6.45, 7) is 1.93. The van der Waals surface area contributed by atoms with Crippen LogP contribution >= 0.6 is 11.8 Å². The fraction of sp³-hybridized carbons (Fsp3) is 0.556. The van der Waals surface area contributed by atoms with Crippen molar-refractivity contribution in [3.05, 3.63) is 35.4 Å². The molecule has 3 rings (SSSR count). The smallest absolute Gasteiger partial charge is 0.240 e. The molecule has 0 N–H and O–H groups in total. The molecular weight excluding hydrogens is 308 g/mol. The number of carbonyl (C=O) groups is 1. The van der Waals surface area contributed by atoms with Crippen molar-refractivity contribution < 1.29 is 9.53 Å². The van der Waals surface area contributed by atoms with Gasteiger partial charge in [0, 0.05) is 25.8 Å². The van der Waals surface area contributed by atoms with Gasteiger partial charge in [-0.15, -0.1) is 11.8 Å². The van der Waals surface area contributed by atoms with Gasteiger partial charge in [0.1, 0.15) is 5.25 Å². The van der Waals surface area contributed by atoms with Crippen LogP contribution in [0.15, 0.2) is 24.3 Å². The quantitative estimate of drug-likeness (QED) is 0.852. The van der Waals surface area contributed by atoms with Gasteiger partial charge in [-0.3, -0.25) is 4.79 Å². The van der Waals surface area contributed by atoms with Gasteiger partial charge in [-0.05, 0) is 36.1 Å². The number of nitrogens with zero attached hydrogens (tertiary/aromatic N) is 2. The summed E-state index contributed by atoms with van der Waals surface area (Å²) in [4.78, 5) is 15.2. The third kappa shape index (κ3) is 3.70. The molecule has 0 bridgehead atoms. The number of hydrogen-bond acceptors (Lipinski definition) is 4. The van der Waals surface area contributed by atoms with Crippen LogP contribution in [0.2, 0.25) is 0 Å². The van der Waals surface area contributed by atoms with Crippen molar-refractivity contribution in [1.29, 1.82) is 5.26 Å². The molecule has 0 radical (unpaired) electrons. The molecule has 5 heteroatoms. The van der Waals surface area contributed by atoms with Crippen LogP contribution in [0.1, 0.15) is 35.6 Å². The molecule has 1 amide bonds. The molecule has 122 valence electrons. The highest BCUT2D eigenvalue weighted by molar-refractivity contribution is 8.00. The van der Waals surface area contributed by atoms with Gasteiger partial charge in [0.2, 0.25) is 5.91 Å². The van der Waals surface area contributed by atoms with E-state index in [-0.39, 0.29) is 17.2 Å².